The molecule has 2 heterocycles. The number of piperidine rings is 1. The zero-order chi connectivity index (χ0) is 24.9. The number of hydrogen-bond donors (Lipinski definition) is 0. The number of aryl methyl sites for hydroxylation is 1. The van der Waals surface area contributed by atoms with Crippen molar-refractivity contribution in [1.29, 1.82) is 0 Å². The molecule has 36 heavy (non-hydrogen) atoms. The number of likely N-dealkylation sites (tertiary alicyclic amines) is 1. The van der Waals surface area contributed by atoms with Crippen LogP contribution in [0.15, 0.2) is 60.9 Å². The molecule has 1 aliphatic carbocycles. The summed E-state index contributed by atoms with van der Waals surface area (Å²) < 4.78 is 0. The van der Waals surface area contributed by atoms with Crippen LogP contribution in [0.5, 0.6) is 0 Å². The van der Waals surface area contributed by atoms with E-state index >= 15 is 0 Å². The van der Waals surface area contributed by atoms with Crippen LogP contribution >= 0.6 is 11.6 Å². The van der Waals surface area contributed by atoms with Crippen LogP contribution in [0.25, 0.3) is 0 Å². The maximum Gasteiger partial charge on any atom is 0.259 e. The fraction of sp³-hybridized carbons (Fsp3) is 0.379. The fourth-order valence-electron chi connectivity index (χ4n) is 5.29. The normalized spacial score (nSPS) is 16.4. The average molecular weight is 503 g/mol. The quantitative estimate of drug-likeness (QED) is 0.413. The molecule has 1 saturated heterocycles. The number of benzene rings is 2. The number of carbonyl (C=O) groups excluding carboxylic acids is 2. The van der Waals surface area contributed by atoms with E-state index in [-0.39, 0.29) is 17.6 Å². The van der Waals surface area contributed by atoms with Crippen molar-refractivity contribution in [3.05, 3.63) is 88.3 Å². The Morgan fingerprint density at radius 2 is 1.64 bits per heavy atom. The molecule has 5 rings (SSSR count). The van der Waals surface area contributed by atoms with Crippen molar-refractivity contribution in [1.82, 2.24) is 14.9 Å². The molecule has 2 aliphatic rings. The summed E-state index contributed by atoms with van der Waals surface area (Å²) in [7, 11) is 0. The van der Waals surface area contributed by atoms with Gasteiger partial charge < -0.3 is 4.90 Å². The maximum atomic E-state index is 13.7. The van der Waals surface area contributed by atoms with Gasteiger partial charge in [0.05, 0.1) is 0 Å². The van der Waals surface area contributed by atoms with E-state index < -0.39 is 0 Å². The SMILES string of the molecule is O=C(c1ccccc1)C1CCN(CCN(C(=O)c2ccc(Cl)cc2)c2ncnc3c2CCCC3)CC1. The van der Waals surface area contributed by atoms with Gasteiger partial charge in [0, 0.05) is 46.4 Å². The lowest BCUT2D eigenvalue weighted by atomic mass is 9.89. The highest BCUT2D eigenvalue weighted by molar-refractivity contribution is 6.30. The first-order chi connectivity index (χ1) is 17.6. The van der Waals surface area contributed by atoms with Gasteiger partial charge in [0.2, 0.25) is 0 Å². The zero-order valence-corrected chi connectivity index (χ0v) is 21.2. The van der Waals surface area contributed by atoms with Crippen LogP contribution in [0.3, 0.4) is 0 Å². The van der Waals surface area contributed by atoms with Crippen molar-refractivity contribution in [2.24, 2.45) is 5.92 Å². The Morgan fingerprint density at radius 3 is 2.39 bits per heavy atom. The highest BCUT2D eigenvalue weighted by atomic mass is 35.5. The Labute approximate surface area is 217 Å². The van der Waals surface area contributed by atoms with Gasteiger partial charge in [-0.25, -0.2) is 9.97 Å². The molecule has 1 amide bonds. The van der Waals surface area contributed by atoms with Gasteiger partial charge >= 0.3 is 0 Å². The molecule has 6 nitrogen and oxygen atoms in total. The molecule has 0 N–H and O–H groups in total. The first-order valence-electron chi connectivity index (χ1n) is 12.8. The molecule has 0 radical (unpaired) electrons. The summed E-state index contributed by atoms with van der Waals surface area (Å²) in [5, 5.41) is 0.602. The third-order valence-electron chi connectivity index (χ3n) is 7.35. The van der Waals surface area contributed by atoms with Crippen LogP contribution in [0.1, 0.15) is 57.7 Å². The van der Waals surface area contributed by atoms with Crippen molar-refractivity contribution in [2.75, 3.05) is 31.1 Å². The van der Waals surface area contributed by atoms with Crippen LogP contribution < -0.4 is 4.90 Å². The minimum Gasteiger partial charge on any atom is -0.302 e. The monoisotopic (exact) mass is 502 g/mol. The fourth-order valence-corrected chi connectivity index (χ4v) is 5.41. The van der Waals surface area contributed by atoms with Crippen molar-refractivity contribution < 1.29 is 9.59 Å². The Hall–Kier alpha value is -3.09. The van der Waals surface area contributed by atoms with E-state index in [1.54, 1.807) is 30.6 Å². The molecule has 1 aromatic heterocycles. The van der Waals surface area contributed by atoms with Crippen molar-refractivity contribution in [2.45, 2.75) is 38.5 Å². The number of nitrogens with zero attached hydrogens (tertiary/aromatic N) is 4. The van der Waals surface area contributed by atoms with Gasteiger partial charge in [-0.15, -0.1) is 0 Å². The number of amides is 1. The number of halogens is 1. The minimum absolute atomic E-state index is 0.0596. The van der Waals surface area contributed by atoms with Gasteiger partial charge in [0.1, 0.15) is 12.1 Å². The summed E-state index contributed by atoms with van der Waals surface area (Å²) in [6.07, 6.45) is 7.27. The van der Waals surface area contributed by atoms with E-state index in [2.05, 4.69) is 14.9 Å². The molecule has 0 spiro atoms. The van der Waals surface area contributed by atoms with E-state index in [4.69, 9.17) is 11.6 Å². The zero-order valence-electron chi connectivity index (χ0n) is 20.4. The molecular weight excluding hydrogens is 472 g/mol. The second-order valence-corrected chi connectivity index (χ2v) is 10.1. The highest BCUT2D eigenvalue weighted by Gasteiger charge is 2.28. The van der Waals surface area contributed by atoms with Crippen LogP contribution in [-0.2, 0) is 12.8 Å². The standard InChI is InChI=1S/C29H31ClN4O2/c30-24-12-10-23(11-13-24)29(36)34(28-25-8-4-5-9-26(25)31-20-32-28)19-18-33-16-14-22(15-17-33)27(35)21-6-2-1-3-7-21/h1-3,6-7,10-13,20,22H,4-5,8-9,14-19H2. The van der Waals surface area contributed by atoms with E-state index in [0.717, 1.165) is 80.8 Å². The Kier molecular flexibility index (Phi) is 7.73. The number of aromatic nitrogens is 2. The van der Waals surface area contributed by atoms with Gasteiger partial charge in [-0.2, -0.15) is 0 Å². The molecular formula is C29H31ClN4O2. The smallest absolute Gasteiger partial charge is 0.259 e. The summed E-state index contributed by atoms with van der Waals surface area (Å²) in [4.78, 5) is 39.8. The molecule has 7 heteroatoms. The lowest BCUT2D eigenvalue weighted by molar-refractivity contribution is 0.0841. The second kappa shape index (κ2) is 11.3. The van der Waals surface area contributed by atoms with Gasteiger partial charge in [-0.3, -0.25) is 14.5 Å². The molecule has 0 unspecified atom stereocenters. The Bertz CT molecular complexity index is 1210. The molecule has 3 aromatic rings. The summed E-state index contributed by atoms with van der Waals surface area (Å²) in [6, 6.07) is 16.6. The predicted molar refractivity (Wildman–Crippen MR) is 142 cm³/mol. The number of anilines is 1. The van der Waals surface area contributed by atoms with Gasteiger partial charge in [-0.05, 0) is 75.9 Å². The minimum atomic E-state index is -0.0766. The van der Waals surface area contributed by atoms with Crippen molar-refractivity contribution in [3.8, 4) is 0 Å². The summed E-state index contributed by atoms with van der Waals surface area (Å²) in [6.45, 7) is 2.94. The third-order valence-corrected chi connectivity index (χ3v) is 7.60. The van der Waals surface area contributed by atoms with E-state index in [1.807, 2.05) is 35.2 Å². The van der Waals surface area contributed by atoms with Gasteiger partial charge in [0.15, 0.2) is 5.78 Å². The van der Waals surface area contributed by atoms with Crippen LogP contribution in [0.4, 0.5) is 5.82 Å². The molecule has 1 fully saturated rings. The topological polar surface area (TPSA) is 66.4 Å². The third kappa shape index (κ3) is 5.50. The number of carbonyl (C=O) groups is 2. The molecule has 0 bridgehead atoms. The highest BCUT2D eigenvalue weighted by Crippen LogP contribution is 2.29. The van der Waals surface area contributed by atoms with E-state index in [9.17, 15) is 9.59 Å². The first kappa shape index (κ1) is 24.6. The van der Waals surface area contributed by atoms with Crippen LogP contribution in [0.2, 0.25) is 5.02 Å². The van der Waals surface area contributed by atoms with Gasteiger partial charge in [0.25, 0.3) is 5.91 Å². The lowest BCUT2D eigenvalue weighted by Gasteiger charge is -2.33. The molecule has 0 saturated carbocycles. The second-order valence-electron chi connectivity index (χ2n) is 9.64. The number of Topliss-reactive ketones (excluding diaryl/α,β-unsaturated/α-hetero) is 1. The summed E-state index contributed by atoms with van der Waals surface area (Å²) in [5.41, 5.74) is 3.54. The number of hydrogen-bond acceptors (Lipinski definition) is 5. The largest absolute Gasteiger partial charge is 0.302 e. The molecule has 0 atom stereocenters. The molecule has 2 aromatic carbocycles. The Balaban J connectivity index is 1.30. The van der Waals surface area contributed by atoms with Crippen molar-refractivity contribution >= 4 is 29.1 Å². The first-order valence-corrected chi connectivity index (χ1v) is 13.2. The van der Waals surface area contributed by atoms with Crippen LogP contribution in [0, 0.1) is 5.92 Å². The van der Waals surface area contributed by atoms with E-state index in [0.29, 0.717) is 17.1 Å². The molecule has 1 aliphatic heterocycles. The van der Waals surface area contributed by atoms with E-state index in [1.165, 1.54) is 0 Å². The summed E-state index contributed by atoms with van der Waals surface area (Å²) in [5.74, 6) is 0.952. The predicted octanol–water partition coefficient (Wildman–Crippen LogP) is 5.25. The lowest BCUT2D eigenvalue weighted by Crippen LogP contribution is -2.43. The maximum absolute atomic E-state index is 13.7. The summed E-state index contributed by atoms with van der Waals surface area (Å²) >= 11 is 6.07. The molecule has 186 valence electrons. The number of rotatable bonds is 7. The number of fused-ring (bicyclic) bond motifs is 1. The number of ketones is 1. The van der Waals surface area contributed by atoms with Gasteiger partial charge in [-0.1, -0.05) is 41.9 Å². The van der Waals surface area contributed by atoms with Crippen molar-refractivity contribution in [3.63, 3.8) is 0 Å². The Morgan fingerprint density at radius 1 is 0.917 bits per heavy atom. The average Bonchev–Trinajstić information content (AvgIpc) is 2.94. The van der Waals surface area contributed by atoms with Crippen LogP contribution in [-0.4, -0.2) is 52.7 Å².